The Bertz CT molecular complexity index is 363. The van der Waals surface area contributed by atoms with Gasteiger partial charge in [0.1, 0.15) is 0 Å². The fourth-order valence-electron chi connectivity index (χ4n) is 3.19. The van der Waals surface area contributed by atoms with Gasteiger partial charge >= 0.3 is 5.97 Å². The average molecular weight is 254 g/mol. The highest BCUT2D eigenvalue weighted by Gasteiger charge is 2.48. The van der Waals surface area contributed by atoms with Crippen LogP contribution in [0.3, 0.4) is 0 Å². The van der Waals surface area contributed by atoms with E-state index in [2.05, 4.69) is 0 Å². The Hall–Kier alpha value is -1.10. The predicted octanol–water partition coefficient (Wildman–Crippen LogP) is 0.971. The zero-order valence-corrected chi connectivity index (χ0v) is 10.9. The van der Waals surface area contributed by atoms with Crippen LogP contribution in [-0.4, -0.2) is 40.5 Å². The van der Waals surface area contributed by atoms with Crippen LogP contribution in [0.5, 0.6) is 0 Å². The number of carbonyl (C=O) groups is 2. The van der Waals surface area contributed by atoms with Crippen LogP contribution < -0.4 is 5.73 Å². The second kappa shape index (κ2) is 4.53. The van der Waals surface area contributed by atoms with E-state index < -0.39 is 16.9 Å². The number of aliphatic carboxylic acids is 1. The molecule has 0 bridgehead atoms. The number of carboxylic acid groups (broad SMARTS) is 1. The van der Waals surface area contributed by atoms with Gasteiger partial charge in [0.05, 0.1) is 11.0 Å². The summed E-state index contributed by atoms with van der Waals surface area (Å²) in [5.74, 6) is -0.839. The van der Waals surface area contributed by atoms with Gasteiger partial charge in [-0.05, 0) is 25.7 Å². The Labute approximate surface area is 107 Å². The van der Waals surface area contributed by atoms with Gasteiger partial charge in [0.25, 0.3) is 0 Å². The van der Waals surface area contributed by atoms with Crippen molar-refractivity contribution in [1.82, 2.24) is 4.90 Å². The predicted molar refractivity (Wildman–Crippen MR) is 66.9 cm³/mol. The molecule has 0 radical (unpaired) electrons. The first-order valence-corrected chi connectivity index (χ1v) is 6.75. The van der Waals surface area contributed by atoms with Crippen LogP contribution in [0.4, 0.5) is 0 Å². The van der Waals surface area contributed by atoms with Gasteiger partial charge in [0.15, 0.2) is 0 Å². The van der Waals surface area contributed by atoms with E-state index in [9.17, 15) is 14.7 Å². The van der Waals surface area contributed by atoms with Gasteiger partial charge in [-0.15, -0.1) is 0 Å². The van der Waals surface area contributed by atoms with Crippen molar-refractivity contribution in [2.75, 3.05) is 13.1 Å². The highest BCUT2D eigenvalue weighted by molar-refractivity contribution is 5.88. The SMILES string of the molecule is CCC1(C(=O)O)CCN(C(=O)C2(N)CCCC2)C1. The lowest BCUT2D eigenvalue weighted by molar-refractivity contribution is -0.149. The molecule has 2 rings (SSSR count). The van der Waals surface area contributed by atoms with E-state index in [0.717, 1.165) is 25.7 Å². The first-order chi connectivity index (χ1) is 8.43. The van der Waals surface area contributed by atoms with Gasteiger partial charge in [0, 0.05) is 13.1 Å². The van der Waals surface area contributed by atoms with E-state index in [1.165, 1.54) is 0 Å². The highest BCUT2D eigenvalue weighted by atomic mass is 16.4. The van der Waals surface area contributed by atoms with E-state index in [-0.39, 0.29) is 5.91 Å². The quantitative estimate of drug-likeness (QED) is 0.786. The fraction of sp³-hybridized carbons (Fsp3) is 0.846. The van der Waals surface area contributed by atoms with Crippen LogP contribution >= 0.6 is 0 Å². The van der Waals surface area contributed by atoms with Gasteiger partial charge in [-0.3, -0.25) is 9.59 Å². The molecule has 1 aliphatic heterocycles. The number of carbonyl (C=O) groups excluding carboxylic acids is 1. The summed E-state index contributed by atoms with van der Waals surface area (Å²) in [4.78, 5) is 25.4. The van der Waals surface area contributed by atoms with Crippen molar-refractivity contribution in [1.29, 1.82) is 0 Å². The third-order valence-electron chi connectivity index (χ3n) is 4.69. The van der Waals surface area contributed by atoms with Gasteiger partial charge in [-0.2, -0.15) is 0 Å². The van der Waals surface area contributed by atoms with Crippen molar-refractivity contribution in [2.24, 2.45) is 11.1 Å². The molecule has 0 spiro atoms. The molecule has 0 aromatic heterocycles. The number of amides is 1. The molecule has 1 saturated heterocycles. The van der Waals surface area contributed by atoms with Crippen LogP contribution in [-0.2, 0) is 9.59 Å². The summed E-state index contributed by atoms with van der Waals surface area (Å²) in [5.41, 5.74) is 4.66. The number of hydrogen-bond acceptors (Lipinski definition) is 3. The Balaban J connectivity index is 2.09. The summed E-state index contributed by atoms with van der Waals surface area (Å²) in [7, 11) is 0. The maximum Gasteiger partial charge on any atom is 0.311 e. The van der Waals surface area contributed by atoms with Crippen LogP contribution in [0.25, 0.3) is 0 Å². The molecular weight excluding hydrogens is 232 g/mol. The summed E-state index contributed by atoms with van der Waals surface area (Å²) in [6.07, 6.45) is 4.55. The molecule has 1 amide bonds. The van der Waals surface area contributed by atoms with E-state index in [1.54, 1.807) is 4.90 Å². The molecule has 0 aromatic rings. The van der Waals surface area contributed by atoms with E-state index >= 15 is 0 Å². The third-order valence-corrected chi connectivity index (χ3v) is 4.69. The molecule has 2 aliphatic rings. The highest BCUT2D eigenvalue weighted by Crippen LogP contribution is 2.37. The zero-order valence-electron chi connectivity index (χ0n) is 10.9. The Morgan fingerprint density at radius 1 is 1.28 bits per heavy atom. The van der Waals surface area contributed by atoms with E-state index in [1.807, 2.05) is 6.92 Å². The molecule has 5 nitrogen and oxygen atoms in total. The number of rotatable bonds is 3. The van der Waals surface area contributed by atoms with Crippen molar-refractivity contribution >= 4 is 11.9 Å². The minimum Gasteiger partial charge on any atom is -0.481 e. The molecule has 3 N–H and O–H groups in total. The molecule has 1 aliphatic carbocycles. The van der Waals surface area contributed by atoms with Crippen molar-refractivity contribution in [2.45, 2.75) is 51.0 Å². The van der Waals surface area contributed by atoms with Crippen molar-refractivity contribution in [3.8, 4) is 0 Å². The van der Waals surface area contributed by atoms with E-state index in [0.29, 0.717) is 25.9 Å². The minimum absolute atomic E-state index is 0.0448. The van der Waals surface area contributed by atoms with Gasteiger partial charge in [0.2, 0.25) is 5.91 Å². The molecule has 5 heteroatoms. The monoisotopic (exact) mass is 254 g/mol. The van der Waals surface area contributed by atoms with Crippen molar-refractivity contribution in [3.05, 3.63) is 0 Å². The lowest BCUT2D eigenvalue weighted by Gasteiger charge is -2.30. The average Bonchev–Trinajstić information content (AvgIpc) is 2.96. The number of carboxylic acids is 1. The molecule has 102 valence electrons. The van der Waals surface area contributed by atoms with Gasteiger partial charge in [-0.1, -0.05) is 19.8 Å². The Morgan fingerprint density at radius 2 is 1.89 bits per heavy atom. The van der Waals surface area contributed by atoms with E-state index in [4.69, 9.17) is 5.73 Å². The summed E-state index contributed by atoms with van der Waals surface area (Å²) in [6.45, 7) is 2.71. The summed E-state index contributed by atoms with van der Waals surface area (Å²) < 4.78 is 0. The second-order valence-corrected chi connectivity index (χ2v) is 5.78. The number of nitrogens with two attached hydrogens (primary N) is 1. The van der Waals surface area contributed by atoms with Crippen LogP contribution in [0, 0.1) is 5.41 Å². The second-order valence-electron chi connectivity index (χ2n) is 5.78. The van der Waals surface area contributed by atoms with Crippen LogP contribution in [0.2, 0.25) is 0 Å². The Kier molecular flexibility index (Phi) is 3.36. The lowest BCUT2D eigenvalue weighted by Crippen LogP contribution is -2.53. The normalized spacial score (nSPS) is 30.7. The maximum absolute atomic E-state index is 12.4. The maximum atomic E-state index is 12.4. The first kappa shape index (κ1) is 13.3. The largest absolute Gasteiger partial charge is 0.481 e. The number of hydrogen-bond donors (Lipinski definition) is 2. The molecule has 0 aromatic carbocycles. The van der Waals surface area contributed by atoms with Gasteiger partial charge < -0.3 is 15.7 Å². The summed E-state index contributed by atoms with van der Waals surface area (Å²) in [6, 6.07) is 0. The molecule has 1 heterocycles. The lowest BCUT2D eigenvalue weighted by atomic mass is 9.84. The number of nitrogens with zero attached hydrogens (tertiary/aromatic N) is 1. The summed E-state index contributed by atoms with van der Waals surface area (Å²) >= 11 is 0. The standard InChI is InChI=1S/C13H22N2O3/c1-2-12(11(17)18)7-8-15(9-12)10(16)13(14)5-3-4-6-13/h2-9,14H2,1H3,(H,17,18). The first-order valence-electron chi connectivity index (χ1n) is 6.75. The topological polar surface area (TPSA) is 83.6 Å². The molecule has 1 unspecified atom stereocenters. The molecule has 18 heavy (non-hydrogen) atoms. The fourth-order valence-corrected chi connectivity index (χ4v) is 3.19. The zero-order chi connectivity index (χ0) is 13.4. The number of likely N-dealkylation sites (tertiary alicyclic amines) is 1. The van der Waals surface area contributed by atoms with Crippen LogP contribution in [0.1, 0.15) is 45.4 Å². The molecule has 1 atom stereocenters. The smallest absolute Gasteiger partial charge is 0.311 e. The van der Waals surface area contributed by atoms with Gasteiger partial charge in [-0.25, -0.2) is 0 Å². The Morgan fingerprint density at radius 3 is 2.33 bits per heavy atom. The third kappa shape index (κ3) is 2.00. The van der Waals surface area contributed by atoms with Crippen molar-refractivity contribution < 1.29 is 14.7 Å². The molecule has 2 fully saturated rings. The molecule has 1 saturated carbocycles. The van der Waals surface area contributed by atoms with Crippen molar-refractivity contribution in [3.63, 3.8) is 0 Å². The minimum atomic E-state index is -0.794. The van der Waals surface area contributed by atoms with Crippen LogP contribution in [0.15, 0.2) is 0 Å². The molecular formula is C13H22N2O3. The summed E-state index contributed by atoms with van der Waals surface area (Å²) in [5, 5.41) is 9.32.